The molecule has 0 bridgehead atoms. The van der Waals surface area contributed by atoms with E-state index in [2.05, 4.69) is 19.9 Å². The van der Waals surface area contributed by atoms with Gasteiger partial charge in [0.2, 0.25) is 0 Å². The minimum atomic E-state index is 0.0964. The second-order valence-electron chi connectivity index (χ2n) is 6.97. The molecule has 3 heterocycles. The molecule has 6 nitrogen and oxygen atoms in total. The number of piperidine rings is 1. The molecule has 2 aromatic heterocycles. The van der Waals surface area contributed by atoms with Crippen molar-refractivity contribution < 1.29 is 0 Å². The molecule has 1 aliphatic heterocycles. The topological polar surface area (TPSA) is 63.9 Å². The molecule has 2 fully saturated rings. The van der Waals surface area contributed by atoms with Gasteiger partial charge in [-0.1, -0.05) is 0 Å². The van der Waals surface area contributed by atoms with Crippen molar-refractivity contribution in [2.75, 3.05) is 18.0 Å². The summed E-state index contributed by atoms with van der Waals surface area (Å²) in [7, 11) is 0. The van der Waals surface area contributed by atoms with E-state index in [1.807, 2.05) is 6.92 Å². The van der Waals surface area contributed by atoms with E-state index >= 15 is 0 Å². The monoisotopic (exact) mass is 325 g/mol. The molecule has 4 rings (SSSR count). The summed E-state index contributed by atoms with van der Waals surface area (Å²) in [5.74, 6) is 2.04. The van der Waals surface area contributed by atoms with E-state index in [0.29, 0.717) is 11.8 Å². The third kappa shape index (κ3) is 3.18. The van der Waals surface area contributed by atoms with Gasteiger partial charge in [-0.2, -0.15) is 0 Å². The number of aryl methyl sites for hydroxylation is 1. The van der Waals surface area contributed by atoms with Crippen LogP contribution in [0.25, 0.3) is 0 Å². The lowest BCUT2D eigenvalue weighted by molar-refractivity contribution is 0.349. The molecule has 0 atom stereocenters. The van der Waals surface area contributed by atoms with Crippen LogP contribution in [0.5, 0.6) is 0 Å². The lowest BCUT2D eigenvalue weighted by Gasteiger charge is -2.33. The molecule has 24 heavy (non-hydrogen) atoms. The van der Waals surface area contributed by atoms with Crippen molar-refractivity contribution in [2.45, 2.75) is 45.1 Å². The number of hydrogen-bond acceptors (Lipinski definition) is 5. The van der Waals surface area contributed by atoms with Gasteiger partial charge in [-0.3, -0.25) is 14.3 Å². The Morgan fingerprint density at radius 2 is 1.83 bits per heavy atom. The highest BCUT2D eigenvalue weighted by atomic mass is 16.1. The molecule has 0 unspecified atom stereocenters. The Kier molecular flexibility index (Phi) is 4.04. The van der Waals surface area contributed by atoms with Crippen molar-refractivity contribution in [3.63, 3.8) is 0 Å². The van der Waals surface area contributed by atoms with Crippen LogP contribution in [-0.4, -0.2) is 32.6 Å². The number of nitrogens with zero attached hydrogens (tertiary/aromatic N) is 5. The third-order valence-electron chi connectivity index (χ3n) is 5.12. The molecule has 0 spiro atoms. The normalized spacial score (nSPS) is 18.8. The van der Waals surface area contributed by atoms with Gasteiger partial charge >= 0.3 is 0 Å². The summed E-state index contributed by atoms with van der Waals surface area (Å²) in [5, 5.41) is 0. The van der Waals surface area contributed by atoms with Gasteiger partial charge in [0.05, 0.1) is 17.7 Å². The molecule has 0 N–H and O–H groups in total. The first kappa shape index (κ1) is 15.3. The minimum Gasteiger partial charge on any atom is -0.355 e. The summed E-state index contributed by atoms with van der Waals surface area (Å²) in [5.41, 5.74) is 2.05. The summed E-state index contributed by atoms with van der Waals surface area (Å²) in [4.78, 5) is 27.8. The van der Waals surface area contributed by atoms with Crippen LogP contribution in [0.2, 0.25) is 0 Å². The van der Waals surface area contributed by atoms with E-state index in [1.54, 1.807) is 29.4 Å². The highest BCUT2D eigenvalue weighted by molar-refractivity contribution is 5.42. The van der Waals surface area contributed by atoms with Crippen LogP contribution in [0.15, 0.2) is 29.6 Å². The number of aromatic nitrogens is 4. The largest absolute Gasteiger partial charge is 0.355 e. The molecule has 2 aliphatic rings. The quantitative estimate of drug-likeness (QED) is 0.862. The van der Waals surface area contributed by atoms with Gasteiger partial charge in [0.1, 0.15) is 5.82 Å². The first-order chi connectivity index (χ1) is 11.7. The van der Waals surface area contributed by atoms with E-state index in [1.165, 1.54) is 12.8 Å². The predicted molar refractivity (Wildman–Crippen MR) is 92.2 cm³/mol. The van der Waals surface area contributed by atoms with Crippen LogP contribution in [-0.2, 0) is 6.54 Å². The van der Waals surface area contributed by atoms with Gasteiger partial charge in [-0.25, -0.2) is 9.97 Å². The Morgan fingerprint density at radius 3 is 2.50 bits per heavy atom. The summed E-state index contributed by atoms with van der Waals surface area (Å²) < 4.78 is 1.78. The van der Waals surface area contributed by atoms with Crippen molar-refractivity contribution in [1.82, 2.24) is 19.5 Å². The van der Waals surface area contributed by atoms with Crippen LogP contribution in [0.3, 0.4) is 0 Å². The number of hydrogen-bond donors (Lipinski definition) is 0. The summed E-state index contributed by atoms with van der Waals surface area (Å²) in [6.45, 7) is 4.70. The number of rotatable bonds is 4. The SMILES string of the molecule is Cc1nccnc1N1CCC(Cn2cnc(C3CC3)cc2=O)CC1. The number of anilines is 1. The molecule has 2 aromatic rings. The van der Waals surface area contributed by atoms with E-state index in [-0.39, 0.29) is 5.56 Å². The molecule has 6 heteroatoms. The fourth-order valence-electron chi connectivity index (χ4n) is 3.50. The maximum Gasteiger partial charge on any atom is 0.253 e. The summed E-state index contributed by atoms with van der Waals surface area (Å²) in [6.07, 6.45) is 9.71. The highest BCUT2D eigenvalue weighted by Gasteiger charge is 2.26. The molecule has 0 radical (unpaired) electrons. The Labute approximate surface area is 141 Å². The second-order valence-corrected chi connectivity index (χ2v) is 6.97. The summed E-state index contributed by atoms with van der Waals surface area (Å²) in [6, 6.07) is 1.73. The Morgan fingerprint density at radius 1 is 1.08 bits per heavy atom. The molecule has 1 saturated carbocycles. The van der Waals surface area contributed by atoms with Crippen LogP contribution in [0.1, 0.15) is 43.0 Å². The maximum absolute atomic E-state index is 12.3. The first-order valence-corrected chi connectivity index (χ1v) is 8.79. The second kappa shape index (κ2) is 6.34. The van der Waals surface area contributed by atoms with Gasteiger partial charge in [0.15, 0.2) is 0 Å². The van der Waals surface area contributed by atoms with Gasteiger partial charge in [-0.05, 0) is 38.5 Å². The van der Waals surface area contributed by atoms with Crippen LogP contribution < -0.4 is 10.5 Å². The van der Waals surface area contributed by atoms with Gasteiger partial charge in [0, 0.05) is 44.0 Å². The van der Waals surface area contributed by atoms with Gasteiger partial charge in [0.25, 0.3) is 5.56 Å². The lowest BCUT2D eigenvalue weighted by Crippen LogP contribution is -2.37. The summed E-state index contributed by atoms with van der Waals surface area (Å²) >= 11 is 0. The predicted octanol–water partition coefficient (Wildman–Crippen LogP) is 2.14. The zero-order chi connectivity index (χ0) is 16.5. The van der Waals surface area contributed by atoms with Crippen molar-refractivity contribution in [2.24, 2.45) is 5.92 Å². The van der Waals surface area contributed by atoms with Crippen LogP contribution in [0.4, 0.5) is 5.82 Å². The standard InChI is InChI=1S/C18H23N5O/c1-13-18(20-7-6-19-13)22-8-4-14(5-9-22)11-23-12-21-16(10-17(23)24)15-2-3-15/h6-7,10,12,14-15H,2-5,8-9,11H2,1H3. The molecule has 0 amide bonds. The Balaban J connectivity index is 1.38. The molecule has 0 aromatic carbocycles. The Hall–Kier alpha value is -2.24. The maximum atomic E-state index is 12.3. The van der Waals surface area contributed by atoms with Gasteiger partial charge in [-0.15, -0.1) is 0 Å². The van der Waals surface area contributed by atoms with Crippen molar-refractivity contribution in [1.29, 1.82) is 0 Å². The van der Waals surface area contributed by atoms with E-state index < -0.39 is 0 Å². The van der Waals surface area contributed by atoms with Crippen LogP contribution >= 0.6 is 0 Å². The Bertz CT molecular complexity index is 775. The van der Waals surface area contributed by atoms with E-state index in [4.69, 9.17) is 0 Å². The molecular formula is C18H23N5O. The lowest BCUT2D eigenvalue weighted by atomic mass is 9.96. The zero-order valence-corrected chi connectivity index (χ0v) is 14.1. The smallest absolute Gasteiger partial charge is 0.253 e. The van der Waals surface area contributed by atoms with Crippen LogP contribution in [0, 0.1) is 12.8 Å². The average Bonchev–Trinajstić information content (AvgIpc) is 3.43. The van der Waals surface area contributed by atoms with Crippen molar-refractivity contribution in [3.8, 4) is 0 Å². The van der Waals surface area contributed by atoms with Gasteiger partial charge < -0.3 is 4.90 Å². The average molecular weight is 325 g/mol. The molecule has 1 aliphatic carbocycles. The fraction of sp³-hybridized carbons (Fsp3) is 0.556. The van der Waals surface area contributed by atoms with Crippen molar-refractivity contribution in [3.05, 3.63) is 46.5 Å². The van der Waals surface area contributed by atoms with E-state index in [0.717, 1.165) is 49.7 Å². The molecular weight excluding hydrogens is 302 g/mol. The minimum absolute atomic E-state index is 0.0964. The van der Waals surface area contributed by atoms with Crippen molar-refractivity contribution >= 4 is 5.82 Å². The van der Waals surface area contributed by atoms with E-state index in [9.17, 15) is 4.79 Å². The fourth-order valence-corrected chi connectivity index (χ4v) is 3.50. The molecule has 126 valence electrons. The zero-order valence-electron chi connectivity index (χ0n) is 14.1. The molecule has 1 saturated heterocycles. The third-order valence-corrected chi connectivity index (χ3v) is 5.12. The highest BCUT2D eigenvalue weighted by Crippen LogP contribution is 2.38. The first-order valence-electron chi connectivity index (χ1n) is 8.79.